The summed E-state index contributed by atoms with van der Waals surface area (Å²) >= 11 is 0. The lowest BCUT2D eigenvalue weighted by Crippen LogP contribution is -2.39. The van der Waals surface area contributed by atoms with Crippen LogP contribution < -0.4 is 5.32 Å². The van der Waals surface area contributed by atoms with Gasteiger partial charge in [0.25, 0.3) is 0 Å². The molecular formula is C19H32N2. The van der Waals surface area contributed by atoms with Gasteiger partial charge in [0, 0.05) is 18.4 Å². The number of rotatable bonds is 8. The highest BCUT2D eigenvalue weighted by atomic mass is 14.9. The van der Waals surface area contributed by atoms with Crippen LogP contribution in [-0.4, -0.2) is 17.6 Å². The zero-order valence-electron chi connectivity index (χ0n) is 13.9. The molecule has 1 aromatic heterocycles. The molecule has 1 aliphatic carbocycles. The summed E-state index contributed by atoms with van der Waals surface area (Å²) in [6.07, 6.45) is 14.6. The zero-order chi connectivity index (χ0) is 14.9. The van der Waals surface area contributed by atoms with E-state index < -0.39 is 0 Å². The fourth-order valence-corrected chi connectivity index (χ4v) is 3.70. The zero-order valence-corrected chi connectivity index (χ0v) is 13.9. The van der Waals surface area contributed by atoms with Gasteiger partial charge in [-0.25, -0.2) is 0 Å². The second-order valence-electron chi connectivity index (χ2n) is 6.64. The van der Waals surface area contributed by atoms with E-state index in [0.29, 0.717) is 6.04 Å². The van der Waals surface area contributed by atoms with Crippen LogP contribution >= 0.6 is 0 Å². The summed E-state index contributed by atoms with van der Waals surface area (Å²) < 4.78 is 0. The van der Waals surface area contributed by atoms with Crippen molar-refractivity contribution in [2.75, 3.05) is 6.54 Å². The Labute approximate surface area is 130 Å². The van der Waals surface area contributed by atoms with E-state index >= 15 is 0 Å². The molecule has 21 heavy (non-hydrogen) atoms. The van der Waals surface area contributed by atoms with Crippen LogP contribution in [-0.2, 0) is 6.42 Å². The minimum Gasteiger partial charge on any atom is -0.314 e. The van der Waals surface area contributed by atoms with Gasteiger partial charge in [0.15, 0.2) is 0 Å². The number of aryl methyl sites for hydroxylation is 1. The smallest absolute Gasteiger partial charge is 0.0270 e. The first-order valence-corrected chi connectivity index (χ1v) is 8.95. The van der Waals surface area contributed by atoms with Gasteiger partial charge in [-0.2, -0.15) is 0 Å². The maximum absolute atomic E-state index is 4.11. The molecule has 118 valence electrons. The van der Waals surface area contributed by atoms with Crippen LogP contribution in [0.25, 0.3) is 0 Å². The van der Waals surface area contributed by atoms with E-state index in [1.165, 1.54) is 56.9 Å². The lowest BCUT2D eigenvalue weighted by Gasteiger charge is -2.34. The van der Waals surface area contributed by atoms with Gasteiger partial charge < -0.3 is 5.32 Å². The normalized spacial score (nSPS) is 23.9. The van der Waals surface area contributed by atoms with Gasteiger partial charge in [0.1, 0.15) is 0 Å². The number of nitrogens with one attached hydrogen (secondary N) is 1. The largest absolute Gasteiger partial charge is 0.314 e. The summed E-state index contributed by atoms with van der Waals surface area (Å²) in [6.45, 7) is 5.77. The molecule has 1 fully saturated rings. The molecule has 2 rings (SSSR count). The third kappa shape index (κ3) is 5.43. The summed E-state index contributed by atoms with van der Waals surface area (Å²) in [5.74, 6) is 1.88. The van der Waals surface area contributed by atoms with E-state index in [1.807, 2.05) is 12.4 Å². The summed E-state index contributed by atoms with van der Waals surface area (Å²) in [5.41, 5.74) is 1.43. The monoisotopic (exact) mass is 288 g/mol. The highest BCUT2D eigenvalue weighted by molar-refractivity contribution is 5.10. The fraction of sp³-hybridized carbons (Fsp3) is 0.737. The van der Waals surface area contributed by atoms with Crippen molar-refractivity contribution >= 4 is 0 Å². The Morgan fingerprint density at radius 3 is 2.48 bits per heavy atom. The van der Waals surface area contributed by atoms with Crippen LogP contribution in [0.1, 0.15) is 64.4 Å². The molecule has 1 saturated carbocycles. The second-order valence-corrected chi connectivity index (χ2v) is 6.64. The van der Waals surface area contributed by atoms with E-state index in [4.69, 9.17) is 0 Å². The third-order valence-corrected chi connectivity index (χ3v) is 5.19. The molecule has 0 radical (unpaired) electrons. The van der Waals surface area contributed by atoms with Crippen molar-refractivity contribution in [3.8, 4) is 0 Å². The van der Waals surface area contributed by atoms with Crippen molar-refractivity contribution in [2.45, 2.75) is 71.3 Å². The molecule has 0 spiro atoms. The summed E-state index contributed by atoms with van der Waals surface area (Å²) in [4.78, 5) is 4.11. The molecule has 1 heterocycles. The Kier molecular flexibility index (Phi) is 7.21. The molecule has 0 aromatic carbocycles. The first-order valence-electron chi connectivity index (χ1n) is 8.95. The van der Waals surface area contributed by atoms with Crippen LogP contribution in [0.15, 0.2) is 24.5 Å². The Hall–Kier alpha value is -0.890. The molecule has 1 aliphatic rings. The molecule has 1 aromatic rings. The molecule has 0 amide bonds. The molecular weight excluding hydrogens is 256 g/mol. The molecule has 2 heteroatoms. The number of pyridine rings is 1. The SMILES string of the molecule is CCCNC(CCc1ccncc1)C1CCC(CC)CC1. The third-order valence-electron chi connectivity index (χ3n) is 5.19. The van der Waals surface area contributed by atoms with E-state index in [-0.39, 0.29) is 0 Å². The molecule has 1 unspecified atom stereocenters. The maximum Gasteiger partial charge on any atom is 0.0270 e. The highest BCUT2D eigenvalue weighted by Gasteiger charge is 2.26. The van der Waals surface area contributed by atoms with E-state index in [0.717, 1.165) is 18.4 Å². The van der Waals surface area contributed by atoms with E-state index in [2.05, 4.69) is 36.3 Å². The predicted octanol–water partition coefficient (Wildman–Crippen LogP) is 4.60. The molecule has 0 aliphatic heterocycles. The van der Waals surface area contributed by atoms with Crippen molar-refractivity contribution in [1.29, 1.82) is 0 Å². The summed E-state index contributed by atoms with van der Waals surface area (Å²) in [7, 11) is 0. The Morgan fingerprint density at radius 2 is 1.86 bits per heavy atom. The molecule has 1 atom stereocenters. The highest BCUT2D eigenvalue weighted by Crippen LogP contribution is 2.33. The van der Waals surface area contributed by atoms with Gasteiger partial charge in [-0.05, 0) is 68.2 Å². The summed E-state index contributed by atoms with van der Waals surface area (Å²) in [6, 6.07) is 5.02. The topological polar surface area (TPSA) is 24.9 Å². The Balaban J connectivity index is 1.85. The minimum atomic E-state index is 0.705. The molecule has 0 bridgehead atoms. The van der Waals surface area contributed by atoms with Crippen molar-refractivity contribution in [2.24, 2.45) is 11.8 Å². The van der Waals surface area contributed by atoms with Crippen molar-refractivity contribution < 1.29 is 0 Å². The number of aromatic nitrogens is 1. The van der Waals surface area contributed by atoms with Crippen LogP contribution in [0.2, 0.25) is 0 Å². The lowest BCUT2D eigenvalue weighted by molar-refractivity contribution is 0.211. The molecule has 0 saturated heterocycles. The van der Waals surface area contributed by atoms with Crippen LogP contribution in [0, 0.1) is 11.8 Å². The molecule has 2 nitrogen and oxygen atoms in total. The molecule has 1 N–H and O–H groups in total. The van der Waals surface area contributed by atoms with Crippen molar-refractivity contribution in [1.82, 2.24) is 10.3 Å². The second kappa shape index (κ2) is 9.19. The van der Waals surface area contributed by atoms with Crippen LogP contribution in [0.3, 0.4) is 0 Å². The summed E-state index contributed by atoms with van der Waals surface area (Å²) in [5, 5.41) is 3.83. The van der Waals surface area contributed by atoms with Gasteiger partial charge >= 0.3 is 0 Å². The first kappa shape index (κ1) is 16.5. The van der Waals surface area contributed by atoms with Gasteiger partial charge in [0.2, 0.25) is 0 Å². The Morgan fingerprint density at radius 1 is 1.14 bits per heavy atom. The minimum absolute atomic E-state index is 0.705. The Bertz CT molecular complexity index is 368. The average molecular weight is 288 g/mol. The van der Waals surface area contributed by atoms with Gasteiger partial charge in [-0.15, -0.1) is 0 Å². The number of hydrogen-bond acceptors (Lipinski definition) is 2. The predicted molar refractivity (Wildman–Crippen MR) is 90.4 cm³/mol. The lowest BCUT2D eigenvalue weighted by atomic mass is 9.76. The first-order chi connectivity index (χ1) is 10.3. The van der Waals surface area contributed by atoms with Crippen LogP contribution in [0.4, 0.5) is 0 Å². The van der Waals surface area contributed by atoms with Crippen molar-refractivity contribution in [3.05, 3.63) is 30.1 Å². The quantitative estimate of drug-likeness (QED) is 0.756. The number of hydrogen-bond donors (Lipinski definition) is 1. The fourth-order valence-electron chi connectivity index (χ4n) is 3.70. The van der Waals surface area contributed by atoms with Gasteiger partial charge in [0.05, 0.1) is 0 Å². The van der Waals surface area contributed by atoms with Crippen molar-refractivity contribution in [3.63, 3.8) is 0 Å². The van der Waals surface area contributed by atoms with Gasteiger partial charge in [-0.3, -0.25) is 4.98 Å². The maximum atomic E-state index is 4.11. The standard InChI is InChI=1S/C19H32N2/c1-3-13-21-19(10-7-17-11-14-20-15-12-17)18-8-5-16(4-2)6-9-18/h11-12,14-16,18-19,21H,3-10,13H2,1-2H3. The number of nitrogens with zero attached hydrogens (tertiary/aromatic N) is 1. The average Bonchev–Trinajstić information content (AvgIpc) is 2.56. The van der Waals surface area contributed by atoms with E-state index in [9.17, 15) is 0 Å². The van der Waals surface area contributed by atoms with Gasteiger partial charge in [-0.1, -0.05) is 33.1 Å². The van der Waals surface area contributed by atoms with Crippen LogP contribution in [0.5, 0.6) is 0 Å². The van der Waals surface area contributed by atoms with E-state index in [1.54, 1.807) is 0 Å².